The van der Waals surface area contributed by atoms with Crippen molar-refractivity contribution in [1.29, 1.82) is 0 Å². The van der Waals surface area contributed by atoms with Gasteiger partial charge in [-0.15, -0.1) is 11.3 Å². The molecule has 0 radical (unpaired) electrons. The molecule has 0 bridgehead atoms. The fourth-order valence-electron chi connectivity index (χ4n) is 3.98. The highest BCUT2D eigenvalue weighted by atomic mass is 32.1. The Balaban J connectivity index is 1.68. The summed E-state index contributed by atoms with van der Waals surface area (Å²) in [5.41, 5.74) is 2.20. The Morgan fingerprint density at radius 3 is 2.79 bits per heavy atom. The number of thiophene rings is 1. The first-order valence-electron chi connectivity index (χ1n) is 10.8. The first kappa shape index (κ1) is 22.7. The van der Waals surface area contributed by atoms with E-state index < -0.39 is 22.6 Å². The van der Waals surface area contributed by atoms with Crippen molar-refractivity contribution in [3.05, 3.63) is 73.8 Å². The summed E-state index contributed by atoms with van der Waals surface area (Å²) in [4.78, 5) is 37.7. The van der Waals surface area contributed by atoms with Crippen LogP contribution in [0.5, 0.6) is 0 Å². The second kappa shape index (κ2) is 9.53. The van der Waals surface area contributed by atoms with Crippen LogP contribution in [0, 0.1) is 16.0 Å². The van der Waals surface area contributed by atoms with Crippen molar-refractivity contribution in [2.45, 2.75) is 39.7 Å². The van der Waals surface area contributed by atoms with E-state index in [0.717, 1.165) is 41.3 Å². The largest absolute Gasteiger partial charge is 0.462 e. The number of ether oxygens (including phenoxy) is 1. The van der Waals surface area contributed by atoms with Gasteiger partial charge in [-0.3, -0.25) is 4.79 Å². The number of fused-ring (bicyclic) bond motifs is 1. The molecule has 1 aromatic carbocycles. The van der Waals surface area contributed by atoms with Gasteiger partial charge in [0.15, 0.2) is 5.69 Å². The first-order valence-corrected chi connectivity index (χ1v) is 11.6. The topological polar surface area (TPSA) is 116 Å². The number of hydrogen-bond donors (Lipinski definition) is 1. The molecule has 0 aliphatic heterocycles. The Bertz CT molecular complexity index is 1200. The number of benzene rings is 1. The molecule has 2 aromatic heterocycles. The van der Waals surface area contributed by atoms with E-state index in [1.165, 1.54) is 16.0 Å². The molecular weight excluding hydrogens is 444 g/mol. The lowest BCUT2D eigenvalue weighted by Gasteiger charge is -2.18. The summed E-state index contributed by atoms with van der Waals surface area (Å²) < 4.78 is 6.56. The van der Waals surface area contributed by atoms with Gasteiger partial charge >= 0.3 is 11.8 Å². The molecule has 1 atom stereocenters. The molecule has 1 aliphatic carbocycles. The highest BCUT2D eigenvalue weighted by molar-refractivity contribution is 7.17. The third-order valence-electron chi connectivity index (χ3n) is 5.58. The Kier molecular flexibility index (Phi) is 6.55. The van der Waals surface area contributed by atoms with Crippen molar-refractivity contribution in [2.24, 2.45) is 5.92 Å². The summed E-state index contributed by atoms with van der Waals surface area (Å²) in [5, 5.41) is 18.5. The van der Waals surface area contributed by atoms with E-state index in [1.54, 1.807) is 6.92 Å². The predicted molar refractivity (Wildman–Crippen MR) is 124 cm³/mol. The van der Waals surface area contributed by atoms with Crippen LogP contribution in [0.25, 0.3) is 0 Å². The summed E-state index contributed by atoms with van der Waals surface area (Å²) in [7, 11) is 0. The van der Waals surface area contributed by atoms with Gasteiger partial charge in [0.25, 0.3) is 5.91 Å². The average Bonchev–Trinajstić information content (AvgIpc) is 3.35. The van der Waals surface area contributed by atoms with E-state index in [2.05, 4.69) is 17.3 Å². The fraction of sp³-hybridized carbons (Fsp3) is 0.348. The number of hydrogen-bond acceptors (Lipinski definition) is 7. The number of nitro groups is 1. The van der Waals surface area contributed by atoms with Crippen LogP contribution in [0.2, 0.25) is 0 Å². The molecule has 1 aliphatic rings. The zero-order valence-electron chi connectivity index (χ0n) is 18.4. The number of esters is 1. The SMILES string of the molecule is CCOC(=O)c1c(NC(=O)c2cc([N+](=O)[O-])nn2Cc2ccccc2)sc2c1CC[C@H](C)C2. The second-order valence-electron chi connectivity index (χ2n) is 8.02. The lowest BCUT2D eigenvalue weighted by molar-refractivity contribution is -0.389. The Morgan fingerprint density at radius 1 is 1.33 bits per heavy atom. The van der Waals surface area contributed by atoms with Crippen molar-refractivity contribution in [1.82, 2.24) is 9.78 Å². The number of aromatic nitrogens is 2. The molecule has 0 spiro atoms. The average molecular weight is 469 g/mol. The summed E-state index contributed by atoms with van der Waals surface area (Å²) in [5.74, 6) is -0.960. The van der Waals surface area contributed by atoms with Crippen LogP contribution >= 0.6 is 11.3 Å². The lowest BCUT2D eigenvalue weighted by atomic mass is 9.88. The monoisotopic (exact) mass is 468 g/mol. The molecule has 1 N–H and O–H groups in total. The third-order valence-corrected chi connectivity index (χ3v) is 6.75. The molecule has 3 aromatic rings. The Labute approximate surface area is 194 Å². The zero-order chi connectivity index (χ0) is 23.5. The molecule has 9 nitrogen and oxygen atoms in total. The van der Waals surface area contributed by atoms with Crippen molar-refractivity contribution >= 4 is 34.0 Å². The van der Waals surface area contributed by atoms with Gasteiger partial charge in [-0.05, 0) is 48.2 Å². The van der Waals surface area contributed by atoms with E-state index in [0.29, 0.717) is 16.5 Å². The summed E-state index contributed by atoms with van der Waals surface area (Å²) >= 11 is 1.37. The van der Waals surface area contributed by atoms with E-state index in [9.17, 15) is 19.7 Å². The summed E-state index contributed by atoms with van der Waals surface area (Å²) in [6.45, 7) is 4.31. The Morgan fingerprint density at radius 2 is 2.09 bits per heavy atom. The van der Waals surface area contributed by atoms with Crippen molar-refractivity contribution < 1.29 is 19.2 Å². The number of carbonyl (C=O) groups is 2. The number of anilines is 1. The van der Waals surface area contributed by atoms with E-state index in [1.807, 2.05) is 30.3 Å². The molecule has 172 valence electrons. The maximum atomic E-state index is 13.2. The molecule has 0 unspecified atom stereocenters. The van der Waals surface area contributed by atoms with Crippen LogP contribution in [0.4, 0.5) is 10.8 Å². The van der Waals surface area contributed by atoms with Crippen LogP contribution in [-0.2, 0) is 24.1 Å². The van der Waals surface area contributed by atoms with Gasteiger partial charge in [0.2, 0.25) is 0 Å². The molecule has 0 saturated heterocycles. The molecule has 4 rings (SSSR count). The van der Waals surface area contributed by atoms with Crippen molar-refractivity contribution in [3.63, 3.8) is 0 Å². The maximum Gasteiger partial charge on any atom is 0.390 e. The summed E-state index contributed by atoms with van der Waals surface area (Å²) in [6, 6.07) is 10.4. The van der Waals surface area contributed by atoms with Gasteiger partial charge < -0.3 is 20.2 Å². The first-order chi connectivity index (χ1) is 15.9. The van der Waals surface area contributed by atoms with Gasteiger partial charge in [-0.1, -0.05) is 37.3 Å². The predicted octanol–water partition coefficient (Wildman–Crippen LogP) is 4.45. The minimum absolute atomic E-state index is 0.0418. The highest BCUT2D eigenvalue weighted by Crippen LogP contribution is 2.40. The van der Waals surface area contributed by atoms with E-state index in [4.69, 9.17) is 4.74 Å². The number of amides is 1. The second-order valence-corrected chi connectivity index (χ2v) is 9.12. The fourth-order valence-corrected chi connectivity index (χ4v) is 5.37. The molecule has 1 amide bonds. The van der Waals surface area contributed by atoms with Gasteiger partial charge in [0.1, 0.15) is 5.00 Å². The van der Waals surface area contributed by atoms with Crippen molar-refractivity contribution in [3.8, 4) is 0 Å². The van der Waals surface area contributed by atoms with Gasteiger partial charge in [0, 0.05) is 4.88 Å². The summed E-state index contributed by atoms with van der Waals surface area (Å²) in [6.07, 6.45) is 2.54. The molecule has 0 fully saturated rings. The molecule has 0 saturated carbocycles. The number of carbonyl (C=O) groups excluding carboxylic acids is 2. The molecular formula is C23H24N4O5S. The zero-order valence-corrected chi connectivity index (χ0v) is 19.2. The van der Waals surface area contributed by atoms with E-state index >= 15 is 0 Å². The molecule has 33 heavy (non-hydrogen) atoms. The van der Waals surface area contributed by atoms with Gasteiger partial charge in [-0.2, -0.15) is 4.68 Å². The highest BCUT2D eigenvalue weighted by Gasteiger charge is 2.31. The number of nitrogens with one attached hydrogen (secondary N) is 1. The number of rotatable bonds is 7. The van der Waals surface area contributed by atoms with Gasteiger partial charge in [-0.25, -0.2) is 4.79 Å². The van der Waals surface area contributed by atoms with Crippen LogP contribution in [-0.4, -0.2) is 33.2 Å². The standard InChI is InChI=1S/C23H24N4O5S/c1-3-32-23(29)20-16-10-9-14(2)11-18(16)33-22(20)24-21(28)17-12-19(27(30)31)25-26(17)13-15-7-5-4-6-8-15/h4-8,12,14H,3,9-11,13H2,1-2H3,(H,24,28)/t14-/m0/s1. The number of nitrogens with zero attached hydrogens (tertiary/aromatic N) is 3. The minimum Gasteiger partial charge on any atom is -0.462 e. The maximum absolute atomic E-state index is 13.2. The van der Waals surface area contributed by atoms with Crippen molar-refractivity contribution in [2.75, 3.05) is 11.9 Å². The quantitative estimate of drug-likeness (QED) is 0.311. The normalized spacial score (nSPS) is 15.0. The molecule has 2 heterocycles. The van der Waals surface area contributed by atoms with Gasteiger partial charge in [0.05, 0.1) is 29.9 Å². The van der Waals surface area contributed by atoms with Crippen LogP contribution in [0.1, 0.15) is 57.1 Å². The molecule has 10 heteroatoms. The van der Waals surface area contributed by atoms with E-state index in [-0.39, 0.29) is 18.8 Å². The van der Waals surface area contributed by atoms with Crippen LogP contribution in [0.15, 0.2) is 36.4 Å². The minimum atomic E-state index is -0.631. The van der Waals surface area contributed by atoms with Crippen LogP contribution < -0.4 is 5.32 Å². The third kappa shape index (κ3) is 4.80. The van der Waals surface area contributed by atoms with Crippen LogP contribution in [0.3, 0.4) is 0 Å². The lowest BCUT2D eigenvalue weighted by Crippen LogP contribution is -2.20. The smallest absolute Gasteiger partial charge is 0.390 e. The Hall–Kier alpha value is -3.53.